The van der Waals surface area contributed by atoms with E-state index in [4.69, 9.17) is 4.74 Å². The molecule has 2 aliphatic rings. The first-order valence-corrected chi connectivity index (χ1v) is 6.61. The molecule has 0 aromatic heterocycles. The molecule has 3 atom stereocenters. The molecule has 1 aromatic carbocycles. The number of ether oxygens (including phenoxy) is 1. The number of hydrogen-bond donors (Lipinski definition) is 1. The molecule has 96 valence electrons. The molecule has 1 amide bonds. The molecular formula is C15H19NO2. The van der Waals surface area contributed by atoms with E-state index in [9.17, 15) is 4.79 Å². The Morgan fingerprint density at radius 3 is 2.94 bits per heavy atom. The van der Waals surface area contributed by atoms with Gasteiger partial charge in [-0.2, -0.15) is 0 Å². The third-order valence-corrected chi connectivity index (χ3v) is 4.05. The molecule has 1 aliphatic heterocycles. The highest BCUT2D eigenvalue weighted by Gasteiger charge is 2.44. The lowest BCUT2D eigenvalue weighted by Crippen LogP contribution is -2.50. The number of nitrogens with one attached hydrogen (secondary N) is 1. The monoisotopic (exact) mass is 245 g/mol. The number of amides is 1. The summed E-state index contributed by atoms with van der Waals surface area (Å²) in [6.07, 6.45) is 2.98. The fourth-order valence-electron chi connectivity index (χ4n) is 3.53. The zero-order chi connectivity index (χ0) is 12.8. The maximum absolute atomic E-state index is 11.2. The van der Waals surface area contributed by atoms with Crippen molar-refractivity contribution < 1.29 is 9.53 Å². The van der Waals surface area contributed by atoms with Gasteiger partial charge in [0.1, 0.15) is 11.4 Å². The molecule has 0 spiro atoms. The molecule has 18 heavy (non-hydrogen) atoms. The summed E-state index contributed by atoms with van der Waals surface area (Å²) in [6.45, 7) is 3.74. The van der Waals surface area contributed by atoms with E-state index >= 15 is 0 Å². The third kappa shape index (κ3) is 1.98. The minimum atomic E-state index is -0.135. The lowest BCUT2D eigenvalue weighted by Gasteiger charge is -2.47. The molecule has 1 N–H and O–H groups in total. The van der Waals surface area contributed by atoms with Crippen molar-refractivity contribution in [2.45, 2.75) is 50.7 Å². The van der Waals surface area contributed by atoms with Gasteiger partial charge in [-0.15, -0.1) is 0 Å². The number of rotatable bonds is 1. The van der Waals surface area contributed by atoms with Gasteiger partial charge in [0.15, 0.2) is 0 Å². The number of carbonyl (C=O) groups excluding carboxylic acids is 1. The van der Waals surface area contributed by atoms with Crippen molar-refractivity contribution >= 4 is 5.91 Å². The normalized spacial score (nSPS) is 33.2. The predicted octanol–water partition coefficient (Wildman–Crippen LogP) is 2.61. The molecule has 3 nitrogen and oxygen atoms in total. The van der Waals surface area contributed by atoms with Crippen LogP contribution in [0.2, 0.25) is 0 Å². The largest absolute Gasteiger partial charge is 0.487 e. The van der Waals surface area contributed by atoms with Crippen molar-refractivity contribution in [2.75, 3.05) is 0 Å². The summed E-state index contributed by atoms with van der Waals surface area (Å²) in [4.78, 5) is 11.2. The summed E-state index contributed by atoms with van der Waals surface area (Å²) in [7, 11) is 0. The highest BCUT2D eigenvalue weighted by Crippen LogP contribution is 2.48. The lowest BCUT2D eigenvalue weighted by atomic mass is 9.71. The Morgan fingerprint density at radius 1 is 1.39 bits per heavy atom. The molecule has 2 bridgehead atoms. The fourth-order valence-corrected chi connectivity index (χ4v) is 3.53. The van der Waals surface area contributed by atoms with Gasteiger partial charge in [0, 0.05) is 19.4 Å². The number of hydrogen-bond acceptors (Lipinski definition) is 2. The molecule has 1 fully saturated rings. The zero-order valence-electron chi connectivity index (χ0n) is 10.9. The highest BCUT2D eigenvalue weighted by atomic mass is 16.5. The smallest absolute Gasteiger partial charge is 0.217 e. The Morgan fingerprint density at radius 2 is 2.17 bits per heavy atom. The minimum absolute atomic E-state index is 0.0526. The summed E-state index contributed by atoms with van der Waals surface area (Å²) in [5, 5.41) is 3.05. The molecular weight excluding hydrogens is 226 g/mol. The van der Waals surface area contributed by atoms with Crippen molar-refractivity contribution in [2.24, 2.45) is 0 Å². The summed E-state index contributed by atoms with van der Waals surface area (Å²) < 4.78 is 6.15. The Labute approximate surface area is 108 Å². The van der Waals surface area contributed by atoms with Crippen LogP contribution in [0.15, 0.2) is 24.3 Å². The van der Waals surface area contributed by atoms with E-state index < -0.39 is 0 Å². The molecule has 3 heteroatoms. The van der Waals surface area contributed by atoms with Gasteiger partial charge in [0.2, 0.25) is 5.91 Å². The zero-order valence-corrected chi connectivity index (χ0v) is 10.9. The van der Waals surface area contributed by atoms with Gasteiger partial charge < -0.3 is 10.1 Å². The van der Waals surface area contributed by atoms with Gasteiger partial charge >= 0.3 is 0 Å². The van der Waals surface area contributed by atoms with Crippen molar-refractivity contribution in [3.63, 3.8) is 0 Å². The van der Waals surface area contributed by atoms with E-state index in [1.807, 2.05) is 6.07 Å². The quantitative estimate of drug-likeness (QED) is 0.826. The van der Waals surface area contributed by atoms with Crippen LogP contribution in [0.4, 0.5) is 0 Å². The van der Waals surface area contributed by atoms with Gasteiger partial charge in [0.25, 0.3) is 0 Å². The van der Waals surface area contributed by atoms with Crippen LogP contribution in [0.1, 0.15) is 44.6 Å². The van der Waals surface area contributed by atoms with Crippen LogP contribution in [0.5, 0.6) is 5.75 Å². The second-order valence-corrected chi connectivity index (χ2v) is 5.83. The van der Waals surface area contributed by atoms with E-state index in [0.717, 1.165) is 25.0 Å². The van der Waals surface area contributed by atoms with E-state index in [1.165, 1.54) is 5.56 Å². The second-order valence-electron chi connectivity index (χ2n) is 5.83. The van der Waals surface area contributed by atoms with E-state index in [1.54, 1.807) is 6.92 Å². The first-order chi connectivity index (χ1) is 8.56. The molecule has 1 aromatic rings. The number of para-hydroxylation sites is 1. The lowest BCUT2D eigenvalue weighted by molar-refractivity contribution is -0.120. The summed E-state index contributed by atoms with van der Waals surface area (Å²) in [6, 6.07) is 8.52. The number of carbonyl (C=O) groups is 1. The molecule has 2 unspecified atom stereocenters. The maximum atomic E-state index is 11.2. The van der Waals surface area contributed by atoms with E-state index in [-0.39, 0.29) is 17.6 Å². The summed E-state index contributed by atoms with van der Waals surface area (Å²) in [5.41, 5.74) is 1.16. The average Bonchev–Trinajstić information content (AvgIpc) is 2.26. The van der Waals surface area contributed by atoms with Crippen molar-refractivity contribution in [1.82, 2.24) is 5.32 Å². The fraction of sp³-hybridized carbons (Fsp3) is 0.533. The number of benzene rings is 1. The Bertz CT molecular complexity index is 485. The average molecular weight is 245 g/mol. The van der Waals surface area contributed by atoms with Crippen LogP contribution in [-0.2, 0) is 4.79 Å². The van der Waals surface area contributed by atoms with Gasteiger partial charge in [-0.3, -0.25) is 4.79 Å². The first kappa shape index (κ1) is 11.6. The third-order valence-electron chi connectivity index (χ3n) is 4.05. The van der Waals surface area contributed by atoms with Crippen LogP contribution in [0, 0.1) is 0 Å². The minimum Gasteiger partial charge on any atom is -0.487 e. The SMILES string of the molecule is CC(=O)N[C@H]1CC2CC(C)(C1)Oc1ccccc12. The summed E-state index contributed by atoms with van der Waals surface area (Å²) >= 11 is 0. The van der Waals surface area contributed by atoms with E-state index in [0.29, 0.717) is 5.92 Å². The molecule has 0 radical (unpaired) electrons. The Hall–Kier alpha value is -1.51. The standard InChI is InChI=1S/C15H19NO2/c1-10(17)16-12-7-11-8-15(2,9-12)18-14-6-4-3-5-13(11)14/h3-6,11-12H,7-9H2,1-2H3,(H,16,17)/t11?,12-,15?/m0/s1. The highest BCUT2D eigenvalue weighted by molar-refractivity contribution is 5.73. The van der Waals surface area contributed by atoms with Gasteiger partial charge in [0.05, 0.1) is 0 Å². The number of fused-ring (bicyclic) bond motifs is 4. The summed E-state index contributed by atoms with van der Waals surface area (Å²) in [5.74, 6) is 1.58. The second kappa shape index (κ2) is 4.01. The van der Waals surface area contributed by atoms with Crippen molar-refractivity contribution in [3.8, 4) is 5.75 Å². The Kier molecular flexibility index (Phi) is 2.58. The topological polar surface area (TPSA) is 38.3 Å². The maximum Gasteiger partial charge on any atom is 0.217 e. The first-order valence-electron chi connectivity index (χ1n) is 6.61. The van der Waals surface area contributed by atoms with Crippen molar-refractivity contribution in [3.05, 3.63) is 29.8 Å². The Balaban J connectivity index is 1.90. The van der Waals surface area contributed by atoms with Crippen LogP contribution in [-0.4, -0.2) is 17.6 Å². The molecule has 1 heterocycles. The molecule has 1 aliphatic carbocycles. The molecule has 1 saturated carbocycles. The van der Waals surface area contributed by atoms with Gasteiger partial charge in [-0.1, -0.05) is 18.2 Å². The van der Waals surface area contributed by atoms with Crippen LogP contribution in [0.3, 0.4) is 0 Å². The van der Waals surface area contributed by atoms with Crippen LogP contribution < -0.4 is 10.1 Å². The van der Waals surface area contributed by atoms with Crippen molar-refractivity contribution in [1.29, 1.82) is 0 Å². The molecule has 3 rings (SSSR count). The predicted molar refractivity (Wildman–Crippen MR) is 69.7 cm³/mol. The molecule has 0 saturated heterocycles. The van der Waals surface area contributed by atoms with Gasteiger partial charge in [-0.05, 0) is 37.3 Å². The van der Waals surface area contributed by atoms with Gasteiger partial charge in [-0.25, -0.2) is 0 Å². The van der Waals surface area contributed by atoms with Crippen LogP contribution in [0.25, 0.3) is 0 Å². The van der Waals surface area contributed by atoms with Crippen LogP contribution >= 0.6 is 0 Å². The van der Waals surface area contributed by atoms with E-state index in [2.05, 4.69) is 30.4 Å².